The van der Waals surface area contributed by atoms with Gasteiger partial charge >= 0.3 is 5.97 Å². The Hall–Kier alpha value is -1.62. The highest BCUT2D eigenvalue weighted by Gasteiger charge is 2.06. The number of methoxy groups -OCH3 is 1. The summed E-state index contributed by atoms with van der Waals surface area (Å²) in [4.78, 5) is 15.1. The van der Waals surface area contributed by atoms with Crippen molar-refractivity contribution in [2.75, 3.05) is 32.6 Å². The van der Waals surface area contributed by atoms with Gasteiger partial charge in [-0.05, 0) is 19.2 Å². The van der Waals surface area contributed by atoms with Gasteiger partial charge in [0.05, 0.1) is 7.11 Å². The monoisotopic (exact) mass is 209 g/mol. The van der Waals surface area contributed by atoms with Crippen LogP contribution in [0.15, 0.2) is 18.3 Å². The first-order valence-electron chi connectivity index (χ1n) is 4.70. The van der Waals surface area contributed by atoms with Crippen LogP contribution >= 0.6 is 0 Å². The van der Waals surface area contributed by atoms with E-state index in [1.54, 1.807) is 12.3 Å². The number of hydrogen-bond acceptors (Lipinski definition) is 5. The third-order valence-corrected chi connectivity index (χ3v) is 1.86. The van der Waals surface area contributed by atoms with Gasteiger partial charge < -0.3 is 15.4 Å². The molecule has 0 aromatic carbocycles. The van der Waals surface area contributed by atoms with Crippen LogP contribution in [0.2, 0.25) is 0 Å². The zero-order chi connectivity index (χ0) is 11.1. The number of esters is 1. The van der Waals surface area contributed by atoms with Crippen molar-refractivity contribution in [3.8, 4) is 0 Å². The van der Waals surface area contributed by atoms with Crippen LogP contribution in [-0.4, -0.2) is 38.2 Å². The standard InChI is InChI=1S/C10H15N3O2/c1-11-5-6-12-8-3-4-13-9(7-8)10(14)15-2/h3-4,7,11H,5-6H2,1-2H3,(H,12,13). The van der Waals surface area contributed by atoms with Crippen molar-refractivity contribution in [2.24, 2.45) is 0 Å². The number of likely N-dealkylation sites (N-methyl/N-ethyl adjacent to an activating group) is 1. The van der Waals surface area contributed by atoms with Crippen molar-refractivity contribution >= 4 is 11.7 Å². The van der Waals surface area contributed by atoms with Gasteiger partial charge in [0, 0.05) is 25.0 Å². The number of anilines is 1. The fourth-order valence-corrected chi connectivity index (χ4v) is 1.09. The Kier molecular flexibility index (Phi) is 4.56. The van der Waals surface area contributed by atoms with Crippen LogP contribution in [0, 0.1) is 0 Å². The highest BCUT2D eigenvalue weighted by molar-refractivity contribution is 5.88. The molecular weight excluding hydrogens is 194 g/mol. The van der Waals surface area contributed by atoms with E-state index in [0.717, 1.165) is 18.8 Å². The number of aromatic nitrogens is 1. The molecule has 0 atom stereocenters. The van der Waals surface area contributed by atoms with Crippen molar-refractivity contribution in [3.05, 3.63) is 24.0 Å². The Morgan fingerprint density at radius 3 is 3.00 bits per heavy atom. The summed E-state index contributed by atoms with van der Waals surface area (Å²) in [5, 5.41) is 6.17. The average Bonchev–Trinajstić information content (AvgIpc) is 2.29. The first kappa shape index (κ1) is 11.5. The number of nitrogens with one attached hydrogen (secondary N) is 2. The van der Waals surface area contributed by atoms with Crippen LogP contribution in [0.4, 0.5) is 5.69 Å². The fraction of sp³-hybridized carbons (Fsp3) is 0.400. The SMILES string of the molecule is CNCCNc1ccnc(C(=O)OC)c1. The number of hydrogen-bond donors (Lipinski definition) is 2. The molecule has 2 N–H and O–H groups in total. The smallest absolute Gasteiger partial charge is 0.356 e. The van der Waals surface area contributed by atoms with E-state index in [2.05, 4.69) is 20.4 Å². The van der Waals surface area contributed by atoms with E-state index in [4.69, 9.17) is 0 Å². The van der Waals surface area contributed by atoms with Crippen LogP contribution in [0.3, 0.4) is 0 Å². The Balaban J connectivity index is 2.62. The molecule has 0 amide bonds. The van der Waals surface area contributed by atoms with Crippen molar-refractivity contribution in [3.63, 3.8) is 0 Å². The lowest BCUT2D eigenvalue weighted by molar-refractivity contribution is 0.0594. The molecule has 1 rings (SSSR count). The van der Waals surface area contributed by atoms with E-state index in [-0.39, 0.29) is 0 Å². The number of carbonyl (C=O) groups excluding carboxylic acids is 1. The first-order valence-corrected chi connectivity index (χ1v) is 4.70. The maximum Gasteiger partial charge on any atom is 0.356 e. The van der Waals surface area contributed by atoms with Crippen LogP contribution in [0.25, 0.3) is 0 Å². The molecule has 0 spiro atoms. The Bertz CT molecular complexity index is 328. The number of ether oxygens (including phenoxy) is 1. The van der Waals surface area contributed by atoms with Gasteiger partial charge in [0.25, 0.3) is 0 Å². The Labute approximate surface area is 88.9 Å². The van der Waals surface area contributed by atoms with Crippen LogP contribution in [0.1, 0.15) is 10.5 Å². The van der Waals surface area contributed by atoms with Crippen LogP contribution < -0.4 is 10.6 Å². The van der Waals surface area contributed by atoms with Gasteiger partial charge in [-0.1, -0.05) is 0 Å². The summed E-state index contributed by atoms with van der Waals surface area (Å²) in [7, 11) is 3.22. The van der Waals surface area contributed by atoms with E-state index < -0.39 is 5.97 Å². The average molecular weight is 209 g/mol. The molecule has 1 aromatic rings. The molecule has 0 bridgehead atoms. The lowest BCUT2D eigenvalue weighted by Gasteiger charge is -2.06. The largest absolute Gasteiger partial charge is 0.464 e. The maximum atomic E-state index is 11.2. The molecule has 5 heteroatoms. The second-order valence-corrected chi connectivity index (χ2v) is 2.95. The maximum absolute atomic E-state index is 11.2. The minimum Gasteiger partial charge on any atom is -0.464 e. The molecule has 82 valence electrons. The predicted molar refractivity (Wildman–Crippen MR) is 58.0 cm³/mol. The van der Waals surface area contributed by atoms with Gasteiger partial charge in [-0.3, -0.25) is 0 Å². The topological polar surface area (TPSA) is 63.2 Å². The summed E-state index contributed by atoms with van der Waals surface area (Å²) >= 11 is 0. The van der Waals surface area contributed by atoms with E-state index in [0.29, 0.717) is 5.69 Å². The van der Waals surface area contributed by atoms with Crippen molar-refractivity contribution in [1.82, 2.24) is 10.3 Å². The zero-order valence-corrected chi connectivity index (χ0v) is 8.91. The number of pyridine rings is 1. The Morgan fingerprint density at radius 2 is 2.33 bits per heavy atom. The third kappa shape index (κ3) is 3.55. The van der Waals surface area contributed by atoms with E-state index in [9.17, 15) is 4.79 Å². The minimum absolute atomic E-state index is 0.312. The van der Waals surface area contributed by atoms with E-state index in [1.165, 1.54) is 7.11 Å². The zero-order valence-electron chi connectivity index (χ0n) is 8.91. The molecule has 0 unspecified atom stereocenters. The number of carbonyl (C=O) groups is 1. The lowest BCUT2D eigenvalue weighted by Crippen LogP contribution is -2.18. The van der Waals surface area contributed by atoms with Crippen LogP contribution in [0.5, 0.6) is 0 Å². The van der Waals surface area contributed by atoms with Gasteiger partial charge in [-0.25, -0.2) is 9.78 Å². The molecule has 5 nitrogen and oxygen atoms in total. The molecule has 15 heavy (non-hydrogen) atoms. The second-order valence-electron chi connectivity index (χ2n) is 2.95. The van der Waals surface area contributed by atoms with Crippen molar-refractivity contribution in [1.29, 1.82) is 0 Å². The molecule has 1 aromatic heterocycles. The van der Waals surface area contributed by atoms with Gasteiger partial charge in [-0.2, -0.15) is 0 Å². The molecule has 0 fully saturated rings. The van der Waals surface area contributed by atoms with Crippen molar-refractivity contribution < 1.29 is 9.53 Å². The molecule has 0 saturated carbocycles. The third-order valence-electron chi connectivity index (χ3n) is 1.86. The summed E-state index contributed by atoms with van der Waals surface area (Å²) in [6.07, 6.45) is 1.58. The lowest BCUT2D eigenvalue weighted by atomic mass is 10.3. The fourth-order valence-electron chi connectivity index (χ4n) is 1.09. The molecular formula is C10H15N3O2. The molecule has 0 aliphatic heterocycles. The first-order chi connectivity index (χ1) is 7.27. The summed E-state index contributed by atoms with van der Waals surface area (Å²) in [5.74, 6) is -0.424. The minimum atomic E-state index is -0.424. The highest BCUT2D eigenvalue weighted by Crippen LogP contribution is 2.07. The molecule has 0 aliphatic rings. The normalized spacial score (nSPS) is 9.73. The Morgan fingerprint density at radius 1 is 1.53 bits per heavy atom. The quantitative estimate of drug-likeness (QED) is 0.546. The molecule has 0 saturated heterocycles. The molecule has 1 heterocycles. The highest BCUT2D eigenvalue weighted by atomic mass is 16.5. The molecule has 0 aliphatic carbocycles. The summed E-state index contributed by atoms with van der Waals surface area (Å²) in [6, 6.07) is 3.48. The summed E-state index contributed by atoms with van der Waals surface area (Å²) < 4.78 is 4.58. The predicted octanol–water partition coefficient (Wildman–Crippen LogP) is 0.499. The van der Waals surface area contributed by atoms with Gasteiger partial charge in [0.15, 0.2) is 0 Å². The van der Waals surface area contributed by atoms with Gasteiger partial charge in [0.1, 0.15) is 5.69 Å². The summed E-state index contributed by atoms with van der Waals surface area (Å²) in [6.45, 7) is 1.65. The van der Waals surface area contributed by atoms with E-state index >= 15 is 0 Å². The molecule has 0 radical (unpaired) electrons. The summed E-state index contributed by atoms with van der Waals surface area (Å²) in [5.41, 5.74) is 1.17. The van der Waals surface area contributed by atoms with Gasteiger partial charge in [0.2, 0.25) is 0 Å². The van der Waals surface area contributed by atoms with E-state index in [1.807, 2.05) is 13.1 Å². The van der Waals surface area contributed by atoms with Crippen LogP contribution in [-0.2, 0) is 4.74 Å². The second kappa shape index (κ2) is 5.98. The van der Waals surface area contributed by atoms with Crippen molar-refractivity contribution in [2.45, 2.75) is 0 Å². The number of rotatable bonds is 5. The number of nitrogens with zero attached hydrogens (tertiary/aromatic N) is 1. The van der Waals surface area contributed by atoms with Gasteiger partial charge in [-0.15, -0.1) is 0 Å².